The van der Waals surface area contributed by atoms with Crippen LogP contribution in [-0.2, 0) is 0 Å². The van der Waals surface area contributed by atoms with Crippen LogP contribution in [0.2, 0.25) is 0 Å². The van der Waals surface area contributed by atoms with Gasteiger partial charge in [-0.3, -0.25) is 0 Å². The molecule has 0 fully saturated rings. The molecule has 2 nitrogen and oxygen atoms in total. The van der Waals surface area contributed by atoms with Crippen molar-refractivity contribution in [3.8, 4) is 5.75 Å². The molecule has 4 heteroatoms. The molecule has 0 radical (unpaired) electrons. The van der Waals surface area contributed by atoms with E-state index in [1.165, 1.54) is 6.07 Å². The Balaban J connectivity index is 3.23. The second kappa shape index (κ2) is 3.41. The van der Waals surface area contributed by atoms with E-state index in [2.05, 4.69) is 15.9 Å². The van der Waals surface area contributed by atoms with Gasteiger partial charge in [0.2, 0.25) is 0 Å². The lowest BCUT2D eigenvalue weighted by atomic mass is 10.1. The second-order valence-electron chi connectivity index (χ2n) is 2.61. The molecule has 1 atom stereocenters. The summed E-state index contributed by atoms with van der Waals surface area (Å²) in [5, 5.41) is 9.08. The van der Waals surface area contributed by atoms with Crippen molar-refractivity contribution in [3.05, 3.63) is 28.0 Å². The van der Waals surface area contributed by atoms with Gasteiger partial charge in [-0.25, -0.2) is 4.39 Å². The predicted octanol–water partition coefficient (Wildman–Crippen LogP) is 2.31. The van der Waals surface area contributed by atoms with Gasteiger partial charge in [0.15, 0.2) is 0 Å². The molecule has 12 heavy (non-hydrogen) atoms. The van der Waals surface area contributed by atoms with Crippen LogP contribution >= 0.6 is 15.9 Å². The fraction of sp³-hybridized carbons (Fsp3) is 0.250. The van der Waals surface area contributed by atoms with Gasteiger partial charge in [0.1, 0.15) is 11.6 Å². The largest absolute Gasteiger partial charge is 0.507 e. The average Bonchev–Trinajstić information content (AvgIpc) is 1.96. The molecule has 0 amide bonds. The molecule has 3 N–H and O–H groups in total. The summed E-state index contributed by atoms with van der Waals surface area (Å²) >= 11 is 3.08. The summed E-state index contributed by atoms with van der Waals surface area (Å²) in [6, 6.07) is 2.15. The molecule has 1 rings (SSSR count). The Morgan fingerprint density at radius 2 is 2.17 bits per heavy atom. The zero-order valence-corrected chi connectivity index (χ0v) is 8.10. The summed E-state index contributed by atoms with van der Waals surface area (Å²) in [6.07, 6.45) is 0. The van der Waals surface area contributed by atoms with E-state index in [0.717, 1.165) is 6.07 Å². The zero-order chi connectivity index (χ0) is 9.30. The summed E-state index contributed by atoms with van der Waals surface area (Å²) in [7, 11) is 0. The van der Waals surface area contributed by atoms with E-state index in [1.807, 2.05) is 0 Å². The maximum Gasteiger partial charge on any atom is 0.132 e. The molecule has 0 aliphatic rings. The standard InChI is InChI=1S/C8H9BrFNO/c1-4(11)5-2-6(9)8(12)3-7(5)10/h2-4,12H,11H2,1H3. The molecule has 0 aromatic heterocycles. The molecule has 0 spiro atoms. The number of halogens is 2. The predicted molar refractivity (Wildman–Crippen MR) is 48.4 cm³/mol. The Kier molecular flexibility index (Phi) is 2.69. The summed E-state index contributed by atoms with van der Waals surface area (Å²) in [5.41, 5.74) is 5.88. The molecule has 0 saturated heterocycles. The number of hydrogen-bond donors (Lipinski definition) is 2. The van der Waals surface area contributed by atoms with Crippen LogP contribution in [0.25, 0.3) is 0 Å². The molecule has 1 aromatic rings. The first-order chi connectivity index (χ1) is 5.52. The van der Waals surface area contributed by atoms with Crippen molar-refractivity contribution in [1.29, 1.82) is 0 Å². The molecule has 66 valence electrons. The first-order valence-corrected chi connectivity index (χ1v) is 4.25. The maximum atomic E-state index is 13.0. The fourth-order valence-corrected chi connectivity index (χ4v) is 1.26. The van der Waals surface area contributed by atoms with Gasteiger partial charge < -0.3 is 10.8 Å². The molecule has 0 aliphatic heterocycles. The topological polar surface area (TPSA) is 46.2 Å². The minimum absolute atomic E-state index is 0.114. The number of hydrogen-bond acceptors (Lipinski definition) is 2. The molecule has 0 bridgehead atoms. The zero-order valence-electron chi connectivity index (χ0n) is 6.51. The minimum atomic E-state index is -0.481. The van der Waals surface area contributed by atoms with E-state index >= 15 is 0 Å². The van der Waals surface area contributed by atoms with E-state index in [9.17, 15) is 4.39 Å². The molecule has 0 heterocycles. The average molecular weight is 234 g/mol. The summed E-state index contributed by atoms with van der Waals surface area (Å²) in [6.45, 7) is 1.68. The molecule has 0 saturated carbocycles. The Morgan fingerprint density at radius 1 is 1.58 bits per heavy atom. The molecule has 0 aliphatic carbocycles. The molecule has 1 unspecified atom stereocenters. The lowest BCUT2D eigenvalue weighted by Crippen LogP contribution is -2.07. The van der Waals surface area contributed by atoms with Crippen LogP contribution in [0.3, 0.4) is 0 Å². The lowest BCUT2D eigenvalue weighted by Gasteiger charge is -2.08. The monoisotopic (exact) mass is 233 g/mol. The van der Waals surface area contributed by atoms with Gasteiger partial charge in [0.05, 0.1) is 4.47 Å². The van der Waals surface area contributed by atoms with E-state index < -0.39 is 5.82 Å². The van der Waals surface area contributed by atoms with Gasteiger partial charge in [-0.2, -0.15) is 0 Å². The van der Waals surface area contributed by atoms with Crippen molar-refractivity contribution in [3.63, 3.8) is 0 Å². The number of nitrogens with two attached hydrogens (primary N) is 1. The molecular weight excluding hydrogens is 225 g/mol. The van der Waals surface area contributed by atoms with Crippen molar-refractivity contribution in [1.82, 2.24) is 0 Å². The second-order valence-corrected chi connectivity index (χ2v) is 3.47. The van der Waals surface area contributed by atoms with Gasteiger partial charge in [-0.05, 0) is 28.9 Å². The third kappa shape index (κ3) is 1.76. The quantitative estimate of drug-likeness (QED) is 0.783. The smallest absolute Gasteiger partial charge is 0.132 e. The van der Waals surface area contributed by atoms with Crippen LogP contribution in [0.15, 0.2) is 16.6 Å². The normalized spacial score (nSPS) is 13.0. The lowest BCUT2D eigenvalue weighted by molar-refractivity contribution is 0.463. The van der Waals surface area contributed by atoms with Gasteiger partial charge in [-0.15, -0.1) is 0 Å². The van der Waals surface area contributed by atoms with E-state index in [0.29, 0.717) is 10.0 Å². The SMILES string of the molecule is CC(N)c1cc(Br)c(O)cc1F. The van der Waals surface area contributed by atoms with Crippen molar-refractivity contribution in [2.75, 3.05) is 0 Å². The van der Waals surface area contributed by atoms with Crippen molar-refractivity contribution < 1.29 is 9.50 Å². The Morgan fingerprint density at radius 3 is 2.67 bits per heavy atom. The highest BCUT2D eigenvalue weighted by molar-refractivity contribution is 9.10. The van der Waals surface area contributed by atoms with Crippen LogP contribution < -0.4 is 5.73 Å². The van der Waals surface area contributed by atoms with Crippen LogP contribution in [0.4, 0.5) is 4.39 Å². The van der Waals surface area contributed by atoms with Gasteiger partial charge >= 0.3 is 0 Å². The Labute approximate surface area is 78.3 Å². The van der Waals surface area contributed by atoms with Gasteiger partial charge in [-0.1, -0.05) is 0 Å². The summed E-state index contributed by atoms with van der Waals surface area (Å²) in [4.78, 5) is 0. The minimum Gasteiger partial charge on any atom is -0.507 e. The molecular formula is C8H9BrFNO. The highest BCUT2D eigenvalue weighted by Crippen LogP contribution is 2.28. The first kappa shape index (κ1) is 9.48. The van der Waals surface area contributed by atoms with Crippen LogP contribution in [-0.4, -0.2) is 5.11 Å². The summed E-state index contributed by atoms with van der Waals surface area (Å²) < 4.78 is 13.5. The number of phenols is 1. The van der Waals surface area contributed by atoms with Gasteiger partial charge in [0, 0.05) is 17.7 Å². The highest BCUT2D eigenvalue weighted by atomic mass is 79.9. The van der Waals surface area contributed by atoms with E-state index in [4.69, 9.17) is 10.8 Å². The third-order valence-electron chi connectivity index (χ3n) is 1.56. The maximum absolute atomic E-state index is 13.0. The highest BCUT2D eigenvalue weighted by Gasteiger charge is 2.10. The number of rotatable bonds is 1. The van der Waals surface area contributed by atoms with E-state index in [-0.39, 0.29) is 11.8 Å². The molecule has 1 aromatic carbocycles. The number of benzene rings is 1. The Hall–Kier alpha value is -0.610. The van der Waals surface area contributed by atoms with Crippen LogP contribution in [0.1, 0.15) is 18.5 Å². The Bertz CT molecular complexity index is 301. The third-order valence-corrected chi connectivity index (χ3v) is 2.19. The number of phenolic OH excluding ortho intramolecular Hbond substituents is 1. The van der Waals surface area contributed by atoms with Crippen LogP contribution in [0.5, 0.6) is 5.75 Å². The van der Waals surface area contributed by atoms with Gasteiger partial charge in [0.25, 0.3) is 0 Å². The first-order valence-electron chi connectivity index (χ1n) is 3.46. The van der Waals surface area contributed by atoms with Crippen LogP contribution in [0, 0.1) is 5.82 Å². The van der Waals surface area contributed by atoms with Crippen molar-refractivity contribution in [2.45, 2.75) is 13.0 Å². The fourth-order valence-electron chi connectivity index (χ4n) is 0.901. The van der Waals surface area contributed by atoms with E-state index in [1.54, 1.807) is 6.92 Å². The summed E-state index contributed by atoms with van der Waals surface area (Å²) in [5.74, 6) is -0.595. The number of aromatic hydroxyl groups is 1. The van der Waals surface area contributed by atoms with Crippen molar-refractivity contribution >= 4 is 15.9 Å². The van der Waals surface area contributed by atoms with Crippen molar-refractivity contribution in [2.24, 2.45) is 5.73 Å².